The van der Waals surface area contributed by atoms with Gasteiger partial charge < -0.3 is 14.6 Å². The monoisotopic (exact) mass is 327 g/mol. The van der Waals surface area contributed by atoms with Crippen molar-refractivity contribution in [1.29, 1.82) is 0 Å². The Bertz CT molecular complexity index is 662. The third kappa shape index (κ3) is 4.23. The zero-order chi connectivity index (χ0) is 16.8. The zero-order valence-electron chi connectivity index (χ0n) is 13.5. The van der Waals surface area contributed by atoms with E-state index in [0.29, 0.717) is 44.8 Å². The highest BCUT2D eigenvalue weighted by molar-refractivity contribution is 5.94. The molecule has 1 fully saturated rings. The van der Waals surface area contributed by atoms with Gasteiger partial charge in [0.15, 0.2) is 0 Å². The normalized spacial score (nSPS) is 15.2. The van der Waals surface area contributed by atoms with Crippen LogP contribution < -0.4 is 5.32 Å². The molecule has 1 aromatic heterocycles. The van der Waals surface area contributed by atoms with Gasteiger partial charge in [-0.05, 0) is 24.3 Å². The summed E-state index contributed by atoms with van der Waals surface area (Å²) in [7, 11) is 0. The molecule has 1 saturated heterocycles. The second kappa shape index (κ2) is 7.79. The third-order valence-corrected chi connectivity index (χ3v) is 4.09. The summed E-state index contributed by atoms with van der Waals surface area (Å²) in [6.07, 6.45) is 1.59. The smallest absolute Gasteiger partial charge is 0.253 e. The molecule has 0 atom stereocenters. The van der Waals surface area contributed by atoms with Gasteiger partial charge in [0.25, 0.3) is 5.91 Å². The number of nitrogens with one attached hydrogen (secondary N) is 1. The summed E-state index contributed by atoms with van der Waals surface area (Å²) in [6.45, 7) is 3.42. The van der Waals surface area contributed by atoms with Crippen LogP contribution in [0.2, 0.25) is 0 Å². The summed E-state index contributed by atoms with van der Waals surface area (Å²) >= 11 is 0. The molecule has 6 heteroatoms. The second-order valence-electron chi connectivity index (χ2n) is 5.79. The van der Waals surface area contributed by atoms with Crippen LogP contribution in [0.1, 0.15) is 16.1 Å². The van der Waals surface area contributed by atoms with Gasteiger partial charge in [-0.15, -0.1) is 0 Å². The summed E-state index contributed by atoms with van der Waals surface area (Å²) < 4.78 is 5.18. The van der Waals surface area contributed by atoms with E-state index in [1.807, 2.05) is 41.3 Å². The average molecular weight is 327 g/mol. The lowest BCUT2D eigenvalue weighted by Gasteiger charge is -2.34. The SMILES string of the molecule is O=C(CN1CCN(C(=O)c2ccccc2)CC1)NCc1ccco1. The lowest BCUT2D eigenvalue weighted by atomic mass is 10.2. The lowest BCUT2D eigenvalue weighted by Crippen LogP contribution is -2.51. The maximum atomic E-state index is 12.4. The van der Waals surface area contributed by atoms with Crippen LogP contribution in [0.25, 0.3) is 0 Å². The number of hydrogen-bond donors (Lipinski definition) is 1. The predicted molar refractivity (Wildman–Crippen MR) is 89.3 cm³/mol. The molecule has 0 spiro atoms. The molecule has 1 aliphatic rings. The third-order valence-electron chi connectivity index (χ3n) is 4.09. The van der Waals surface area contributed by atoms with Crippen molar-refractivity contribution in [2.75, 3.05) is 32.7 Å². The molecule has 2 amide bonds. The highest BCUT2D eigenvalue weighted by Crippen LogP contribution is 2.08. The standard InChI is InChI=1S/C18H21N3O3/c22-17(19-13-16-7-4-12-24-16)14-20-8-10-21(11-9-20)18(23)15-5-2-1-3-6-15/h1-7,12H,8-11,13-14H2,(H,19,22). The molecule has 0 aliphatic carbocycles. The Hall–Kier alpha value is -2.60. The molecule has 1 aromatic carbocycles. The Morgan fingerprint density at radius 3 is 2.42 bits per heavy atom. The maximum absolute atomic E-state index is 12.4. The number of rotatable bonds is 5. The zero-order valence-corrected chi connectivity index (χ0v) is 13.5. The van der Waals surface area contributed by atoms with Crippen molar-refractivity contribution < 1.29 is 14.0 Å². The Morgan fingerprint density at radius 1 is 1.00 bits per heavy atom. The number of hydrogen-bond acceptors (Lipinski definition) is 4. The number of amides is 2. The fourth-order valence-electron chi connectivity index (χ4n) is 2.73. The highest BCUT2D eigenvalue weighted by Gasteiger charge is 2.23. The van der Waals surface area contributed by atoms with Crippen molar-refractivity contribution >= 4 is 11.8 Å². The molecule has 24 heavy (non-hydrogen) atoms. The van der Waals surface area contributed by atoms with E-state index in [1.54, 1.807) is 12.3 Å². The molecule has 0 bridgehead atoms. The molecule has 3 rings (SSSR count). The Kier molecular flexibility index (Phi) is 5.28. The fraction of sp³-hybridized carbons (Fsp3) is 0.333. The Balaban J connectivity index is 1.42. The van der Waals surface area contributed by atoms with Crippen molar-refractivity contribution in [3.63, 3.8) is 0 Å². The molecular weight excluding hydrogens is 306 g/mol. The van der Waals surface area contributed by atoms with Gasteiger partial charge in [-0.25, -0.2) is 0 Å². The number of benzene rings is 1. The van der Waals surface area contributed by atoms with Crippen molar-refractivity contribution in [3.8, 4) is 0 Å². The van der Waals surface area contributed by atoms with Crippen LogP contribution in [0.4, 0.5) is 0 Å². The van der Waals surface area contributed by atoms with E-state index >= 15 is 0 Å². The number of furan rings is 1. The fourth-order valence-corrected chi connectivity index (χ4v) is 2.73. The minimum Gasteiger partial charge on any atom is -0.467 e. The summed E-state index contributed by atoms with van der Waals surface area (Å²) in [5.41, 5.74) is 0.710. The maximum Gasteiger partial charge on any atom is 0.253 e. The molecule has 0 saturated carbocycles. The van der Waals surface area contributed by atoms with Gasteiger partial charge in [0, 0.05) is 31.7 Å². The molecule has 1 N–H and O–H groups in total. The number of carbonyl (C=O) groups excluding carboxylic acids is 2. The van der Waals surface area contributed by atoms with Crippen molar-refractivity contribution in [1.82, 2.24) is 15.1 Å². The van der Waals surface area contributed by atoms with Crippen LogP contribution in [0, 0.1) is 0 Å². The quantitative estimate of drug-likeness (QED) is 0.900. The first-order valence-corrected chi connectivity index (χ1v) is 8.08. The minimum atomic E-state index is -0.0331. The molecule has 1 aliphatic heterocycles. The molecule has 0 radical (unpaired) electrons. The molecule has 2 heterocycles. The molecular formula is C18H21N3O3. The van der Waals surface area contributed by atoms with E-state index < -0.39 is 0 Å². The molecule has 2 aromatic rings. The largest absolute Gasteiger partial charge is 0.467 e. The summed E-state index contributed by atoms with van der Waals surface area (Å²) in [5.74, 6) is 0.758. The van der Waals surface area contributed by atoms with E-state index in [9.17, 15) is 9.59 Å². The van der Waals surface area contributed by atoms with E-state index in [0.717, 1.165) is 5.76 Å². The first kappa shape index (κ1) is 16.3. The van der Waals surface area contributed by atoms with Crippen molar-refractivity contribution in [3.05, 3.63) is 60.1 Å². The van der Waals surface area contributed by atoms with Crippen LogP contribution >= 0.6 is 0 Å². The lowest BCUT2D eigenvalue weighted by molar-refractivity contribution is -0.122. The average Bonchev–Trinajstić information content (AvgIpc) is 3.14. The Morgan fingerprint density at radius 2 is 1.75 bits per heavy atom. The van der Waals surface area contributed by atoms with Crippen LogP contribution in [0.5, 0.6) is 0 Å². The van der Waals surface area contributed by atoms with Gasteiger partial charge in [-0.3, -0.25) is 14.5 Å². The van der Waals surface area contributed by atoms with Crippen LogP contribution in [0.3, 0.4) is 0 Å². The summed E-state index contributed by atoms with van der Waals surface area (Å²) in [5, 5.41) is 2.84. The van der Waals surface area contributed by atoms with Crippen LogP contribution in [-0.2, 0) is 11.3 Å². The molecule has 0 unspecified atom stereocenters. The first-order chi connectivity index (χ1) is 11.7. The minimum absolute atomic E-state index is 0.0331. The predicted octanol–water partition coefficient (Wildman–Crippen LogP) is 1.35. The van der Waals surface area contributed by atoms with Gasteiger partial charge in [-0.2, -0.15) is 0 Å². The van der Waals surface area contributed by atoms with Crippen LogP contribution in [0.15, 0.2) is 53.1 Å². The highest BCUT2D eigenvalue weighted by atomic mass is 16.3. The summed E-state index contributed by atoms with van der Waals surface area (Å²) in [4.78, 5) is 28.3. The van der Waals surface area contributed by atoms with E-state index in [-0.39, 0.29) is 11.8 Å². The first-order valence-electron chi connectivity index (χ1n) is 8.08. The number of nitrogens with zero attached hydrogens (tertiary/aromatic N) is 2. The second-order valence-corrected chi connectivity index (χ2v) is 5.79. The van der Waals surface area contributed by atoms with Crippen molar-refractivity contribution in [2.45, 2.75) is 6.54 Å². The van der Waals surface area contributed by atoms with Crippen LogP contribution in [-0.4, -0.2) is 54.3 Å². The Labute approximate surface area is 141 Å². The van der Waals surface area contributed by atoms with E-state index in [1.165, 1.54) is 0 Å². The topological polar surface area (TPSA) is 65.8 Å². The molecule has 126 valence electrons. The molecule has 6 nitrogen and oxygen atoms in total. The summed E-state index contributed by atoms with van der Waals surface area (Å²) in [6, 6.07) is 12.9. The van der Waals surface area contributed by atoms with E-state index in [2.05, 4.69) is 10.2 Å². The van der Waals surface area contributed by atoms with Gasteiger partial charge in [0.05, 0.1) is 19.4 Å². The van der Waals surface area contributed by atoms with Gasteiger partial charge >= 0.3 is 0 Å². The van der Waals surface area contributed by atoms with Crippen molar-refractivity contribution in [2.24, 2.45) is 0 Å². The van der Waals surface area contributed by atoms with Gasteiger partial charge in [0.2, 0.25) is 5.91 Å². The number of carbonyl (C=O) groups is 2. The van der Waals surface area contributed by atoms with E-state index in [4.69, 9.17) is 4.42 Å². The van der Waals surface area contributed by atoms with Gasteiger partial charge in [-0.1, -0.05) is 18.2 Å². The number of piperazine rings is 1. The van der Waals surface area contributed by atoms with Gasteiger partial charge in [0.1, 0.15) is 5.76 Å².